The number of fused-ring (bicyclic) bond motifs is 3. The highest BCUT2D eigenvalue weighted by Gasteiger charge is 2.33. The molecule has 2 amide bonds. The molecule has 174 valence electrons. The van der Waals surface area contributed by atoms with Crippen LogP contribution in [0.5, 0.6) is 0 Å². The van der Waals surface area contributed by atoms with Crippen LogP contribution in [0.15, 0.2) is 48.5 Å². The predicted molar refractivity (Wildman–Crippen MR) is 124 cm³/mol. The van der Waals surface area contributed by atoms with Crippen molar-refractivity contribution in [2.24, 2.45) is 11.8 Å². The third kappa shape index (κ3) is 5.02. The van der Waals surface area contributed by atoms with Crippen LogP contribution in [0.1, 0.15) is 49.7 Å². The molecule has 0 radical (unpaired) electrons. The van der Waals surface area contributed by atoms with Gasteiger partial charge >= 0.3 is 12.1 Å². The van der Waals surface area contributed by atoms with Gasteiger partial charge in [0.1, 0.15) is 12.6 Å². The number of alkyl carbamates (subject to hydrolysis) is 1. The van der Waals surface area contributed by atoms with Crippen molar-refractivity contribution in [3.8, 4) is 11.1 Å². The lowest BCUT2D eigenvalue weighted by Gasteiger charge is -2.31. The van der Waals surface area contributed by atoms with E-state index >= 15 is 0 Å². The van der Waals surface area contributed by atoms with E-state index in [1.165, 1.54) is 18.1 Å². The monoisotopic (exact) mass is 450 g/mol. The summed E-state index contributed by atoms with van der Waals surface area (Å²) < 4.78 is 5.59. The first kappa shape index (κ1) is 22.8. The van der Waals surface area contributed by atoms with E-state index in [9.17, 15) is 14.4 Å². The average Bonchev–Trinajstić information content (AvgIpc) is 3.15. The van der Waals surface area contributed by atoms with Gasteiger partial charge in [-0.2, -0.15) is 0 Å². The summed E-state index contributed by atoms with van der Waals surface area (Å²) in [4.78, 5) is 36.1. The fourth-order valence-electron chi connectivity index (χ4n) is 5.04. The fourth-order valence-corrected chi connectivity index (χ4v) is 5.04. The number of carboxylic acids is 1. The molecule has 4 rings (SSSR count). The Morgan fingerprint density at radius 1 is 1.00 bits per heavy atom. The molecule has 0 aliphatic heterocycles. The molecule has 1 fully saturated rings. The minimum absolute atomic E-state index is 0.00568. The van der Waals surface area contributed by atoms with Crippen LogP contribution in [0.3, 0.4) is 0 Å². The van der Waals surface area contributed by atoms with Crippen LogP contribution >= 0.6 is 0 Å². The first-order chi connectivity index (χ1) is 16.0. The molecule has 0 aromatic heterocycles. The van der Waals surface area contributed by atoms with E-state index in [2.05, 4.69) is 34.9 Å². The minimum atomic E-state index is -1.06. The number of carbonyl (C=O) groups excluding carboxylic acids is 2. The molecular formula is C26H30N2O5. The maximum absolute atomic E-state index is 12.6. The van der Waals surface area contributed by atoms with E-state index in [1.54, 1.807) is 0 Å². The number of carbonyl (C=O) groups is 3. The molecule has 0 saturated heterocycles. The molecule has 0 spiro atoms. The van der Waals surface area contributed by atoms with Crippen LogP contribution in [0, 0.1) is 11.8 Å². The number of ether oxygens (including phenoxy) is 1. The van der Waals surface area contributed by atoms with Crippen molar-refractivity contribution < 1.29 is 24.2 Å². The van der Waals surface area contributed by atoms with Gasteiger partial charge in [0.2, 0.25) is 5.91 Å². The third-order valence-electron chi connectivity index (χ3n) is 6.83. The Hall–Kier alpha value is -3.35. The highest BCUT2D eigenvalue weighted by atomic mass is 16.5. The maximum Gasteiger partial charge on any atom is 0.407 e. The largest absolute Gasteiger partial charge is 0.480 e. The summed E-state index contributed by atoms with van der Waals surface area (Å²) in [6.45, 7) is 2.02. The molecule has 2 aromatic rings. The van der Waals surface area contributed by atoms with E-state index in [4.69, 9.17) is 9.84 Å². The summed E-state index contributed by atoms with van der Waals surface area (Å²) in [5.41, 5.74) is 4.66. The van der Waals surface area contributed by atoms with Crippen LogP contribution in [0.25, 0.3) is 11.1 Å². The smallest absolute Gasteiger partial charge is 0.407 e. The van der Waals surface area contributed by atoms with Gasteiger partial charge < -0.3 is 20.5 Å². The Kier molecular flexibility index (Phi) is 6.96. The zero-order valence-electron chi connectivity index (χ0n) is 18.8. The molecule has 3 N–H and O–H groups in total. The Balaban J connectivity index is 1.33. The first-order valence-electron chi connectivity index (χ1n) is 11.6. The second kappa shape index (κ2) is 10.1. The van der Waals surface area contributed by atoms with Gasteiger partial charge in [-0.3, -0.25) is 9.59 Å². The lowest BCUT2D eigenvalue weighted by Crippen LogP contribution is -2.46. The van der Waals surface area contributed by atoms with E-state index in [0.717, 1.165) is 30.4 Å². The number of hydrogen-bond acceptors (Lipinski definition) is 4. The van der Waals surface area contributed by atoms with Crippen molar-refractivity contribution in [1.82, 2.24) is 10.6 Å². The summed E-state index contributed by atoms with van der Waals surface area (Å²) in [6.07, 6.45) is 2.90. The zero-order valence-corrected chi connectivity index (χ0v) is 18.8. The van der Waals surface area contributed by atoms with Gasteiger partial charge in [0.05, 0.1) is 0 Å². The van der Waals surface area contributed by atoms with Gasteiger partial charge in [-0.25, -0.2) is 4.79 Å². The van der Waals surface area contributed by atoms with Gasteiger partial charge in [0, 0.05) is 18.4 Å². The van der Waals surface area contributed by atoms with E-state index < -0.39 is 18.1 Å². The van der Waals surface area contributed by atoms with E-state index in [1.807, 2.05) is 24.3 Å². The summed E-state index contributed by atoms with van der Waals surface area (Å²) >= 11 is 0. The molecule has 7 heteroatoms. The quantitative estimate of drug-likeness (QED) is 0.593. The van der Waals surface area contributed by atoms with Crippen molar-refractivity contribution in [3.05, 3.63) is 59.7 Å². The van der Waals surface area contributed by atoms with Crippen LogP contribution in [-0.4, -0.2) is 42.3 Å². The zero-order chi connectivity index (χ0) is 23.4. The van der Waals surface area contributed by atoms with Crippen LogP contribution in [-0.2, 0) is 14.3 Å². The van der Waals surface area contributed by atoms with Crippen molar-refractivity contribution in [1.29, 1.82) is 0 Å². The Bertz CT molecular complexity index is 991. The number of nitrogens with one attached hydrogen (secondary N) is 2. The summed E-state index contributed by atoms with van der Waals surface area (Å²) in [7, 11) is 0. The van der Waals surface area contributed by atoms with Crippen molar-refractivity contribution >= 4 is 18.0 Å². The summed E-state index contributed by atoms with van der Waals surface area (Å²) in [5.74, 6) is -1.68. The Labute approximate surface area is 193 Å². The van der Waals surface area contributed by atoms with Gasteiger partial charge in [-0.1, -0.05) is 61.4 Å². The van der Waals surface area contributed by atoms with Gasteiger partial charge in [0.25, 0.3) is 0 Å². The third-order valence-corrected chi connectivity index (χ3v) is 6.83. The topological polar surface area (TPSA) is 105 Å². The van der Waals surface area contributed by atoms with Crippen molar-refractivity contribution in [2.75, 3.05) is 13.2 Å². The maximum atomic E-state index is 12.6. The lowest BCUT2D eigenvalue weighted by atomic mass is 9.78. The highest BCUT2D eigenvalue weighted by Crippen LogP contribution is 2.44. The van der Waals surface area contributed by atoms with E-state index in [0.29, 0.717) is 13.0 Å². The molecule has 1 saturated carbocycles. The van der Waals surface area contributed by atoms with Gasteiger partial charge in [-0.05, 0) is 47.9 Å². The molecule has 33 heavy (non-hydrogen) atoms. The number of hydrogen-bond donors (Lipinski definition) is 3. The predicted octanol–water partition coefficient (Wildman–Crippen LogP) is 3.92. The normalized spacial score (nSPS) is 20.3. The standard InChI is InChI=1S/C26H30N2O5/c1-16(25(30)31)28-24(29)18-9-3-2-8-17(18)14-27-26(32)33-15-23-21-12-6-4-10-19(21)20-11-5-7-13-22(20)23/h4-7,10-13,16-18,23H,2-3,8-9,14-15H2,1H3,(H,27,32)(H,28,29)(H,30,31)/t16?,17-,18-/m1/s1. The minimum Gasteiger partial charge on any atom is -0.480 e. The van der Waals surface area contributed by atoms with Crippen LogP contribution in [0.4, 0.5) is 4.79 Å². The second-order valence-electron chi connectivity index (χ2n) is 8.93. The molecule has 2 aliphatic carbocycles. The van der Waals surface area contributed by atoms with Gasteiger partial charge in [0.15, 0.2) is 0 Å². The second-order valence-corrected chi connectivity index (χ2v) is 8.93. The SMILES string of the molecule is CC(NC(=O)[C@@H]1CCCC[C@@H]1CNC(=O)OCC1c2ccccc2-c2ccccc21)C(=O)O. The summed E-state index contributed by atoms with van der Waals surface area (Å²) in [6, 6.07) is 15.4. The molecular weight excluding hydrogens is 420 g/mol. The Morgan fingerprint density at radius 3 is 2.24 bits per heavy atom. The molecule has 2 aromatic carbocycles. The fraction of sp³-hybridized carbons (Fsp3) is 0.423. The number of rotatable bonds is 7. The molecule has 1 unspecified atom stereocenters. The molecule has 7 nitrogen and oxygen atoms in total. The summed E-state index contributed by atoms with van der Waals surface area (Å²) in [5, 5.41) is 14.4. The highest BCUT2D eigenvalue weighted by molar-refractivity contribution is 5.85. The van der Waals surface area contributed by atoms with Crippen molar-refractivity contribution in [2.45, 2.75) is 44.6 Å². The number of amides is 2. The lowest BCUT2D eigenvalue weighted by molar-refractivity contribution is -0.142. The number of aliphatic carboxylic acids is 1. The van der Waals surface area contributed by atoms with Gasteiger partial charge in [-0.15, -0.1) is 0 Å². The van der Waals surface area contributed by atoms with Crippen LogP contribution < -0.4 is 10.6 Å². The van der Waals surface area contributed by atoms with Crippen LogP contribution in [0.2, 0.25) is 0 Å². The number of benzene rings is 2. The first-order valence-corrected chi connectivity index (χ1v) is 11.6. The average molecular weight is 451 g/mol. The molecule has 0 heterocycles. The molecule has 2 aliphatic rings. The molecule has 3 atom stereocenters. The number of carboxylic acid groups (broad SMARTS) is 1. The van der Waals surface area contributed by atoms with E-state index in [-0.39, 0.29) is 30.3 Å². The molecule has 0 bridgehead atoms. The Morgan fingerprint density at radius 2 is 1.61 bits per heavy atom. The van der Waals surface area contributed by atoms with Crippen molar-refractivity contribution in [3.63, 3.8) is 0 Å².